The predicted octanol–water partition coefficient (Wildman–Crippen LogP) is 3.62. The Kier molecular flexibility index (Phi) is 8.58. The number of likely N-dealkylation sites (tertiary alicyclic amines) is 1. The van der Waals surface area contributed by atoms with Crippen LogP contribution in [0.2, 0.25) is 0 Å². The zero-order valence-corrected chi connectivity index (χ0v) is 25.3. The lowest BCUT2D eigenvalue weighted by atomic mass is 9.95. The fraction of sp³-hybridized carbons (Fsp3) is 0.394. The summed E-state index contributed by atoms with van der Waals surface area (Å²) in [5, 5.41) is 11.6. The van der Waals surface area contributed by atoms with Crippen molar-refractivity contribution in [3.05, 3.63) is 77.4 Å². The standard InChI is InChI=1S/C33H38FN7O3/c1-21-17-22(11-12-35-21)31-25-18-23(7-9-28(25)37-38-31)32(42)36-24-8-10-29(33(43)40-15-13-39(2)14-16-40)41(19-24)20-26-27(34)5-4-6-30(26)44-3/h4-7,9,11-12,17-18,24,29H,8,10,13-16,19-20H2,1-3H3,(H,36,42)(H,37,38)/t24-,29+/m1/s1. The van der Waals surface area contributed by atoms with Crippen LogP contribution in [-0.2, 0) is 11.3 Å². The summed E-state index contributed by atoms with van der Waals surface area (Å²) < 4.78 is 20.5. The molecule has 6 rings (SSSR count). The summed E-state index contributed by atoms with van der Waals surface area (Å²) in [6, 6.07) is 13.5. The second-order valence-electron chi connectivity index (χ2n) is 11.8. The van der Waals surface area contributed by atoms with Gasteiger partial charge in [0.1, 0.15) is 17.3 Å². The maximum absolute atomic E-state index is 15.0. The third-order valence-electron chi connectivity index (χ3n) is 8.77. The van der Waals surface area contributed by atoms with Crippen molar-refractivity contribution in [1.82, 2.24) is 35.2 Å². The number of H-pyrrole nitrogens is 1. The molecule has 2 N–H and O–H groups in total. The number of amides is 2. The first kappa shape index (κ1) is 29.7. The number of pyridine rings is 1. The molecule has 2 aromatic heterocycles. The van der Waals surface area contributed by atoms with Crippen LogP contribution in [0.4, 0.5) is 4.39 Å². The quantitative estimate of drug-likeness (QED) is 0.334. The minimum absolute atomic E-state index is 0.0578. The van der Waals surface area contributed by atoms with Crippen molar-refractivity contribution in [2.45, 2.75) is 38.4 Å². The van der Waals surface area contributed by atoms with Crippen LogP contribution in [0.25, 0.3) is 22.2 Å². The van der Waals surface area contributed by atoms with E-state index in [2.05, 4.69) is 32.4 Å². The lowest BCUT2D eigenvalue weighted by molar-refractivity contribution is -0.140. The zero-order valence-electron chi connectivity index (χ0n) is 25.3. The van der Waals surface area contributed by atoms with Crippen molar-refractivity contribution in [3.63, 3.8) is 0 Å². The number of aromatic amines is 1. The Bertz CT molecular complexity index is 1670. The molecule has 0 spiro atoms. The fourth-order valence-corrected chi connectivity index (χ4v) is 6.28. The van der Waals surface area contributed by atoms with Crippen LogP contribution in [0.3, 0.4) is 0 Å². The Labute approximate surface area is 256 Å². The number of rotatable bonds is 7. The molecule has 0 radical (unpaired) electrons. The minimum Gasteiger partial charge on any atom is -0.496 e. The number of aryl methyl sites for hydroxylation is 1. The fourth-order valence-electron chi connectivity index (χ4n) is 6.28. The van der Waals surface area contributed by atoms with Crippen molar-refractivity contribution in [2.75, 3.05) is 46.9 Å². The van der Waals surface area contributed by atoms with Crippen LogP contribution in [0.15, 0.2) is 54.7 Å². The third-order valence-corrected chi connectivity index (χ3v) is 8.77. The van der Waals surface area contributed by atoms with E-state index in [1.165, 1.54) is 13.2 Å². The van der Waals surface area contributed by atoms with Crippen molar-refractivity contribution in [2.24, 2.45) is 0 Å². The molecule has 2 saturated heterocycles. The Morgan fingerprint density at radius 3 is 2.68 bits per heavy atom. The number of piperidine rings is 1. The summed E-state index contributed by atoms with van der Waals surface area (Å²) in [6.07, 6.45) is 2.94. The van der Waals surface area contributed by atoms with E-state index in [1.54, 1.807) is 24.4 Å². The summed E-state index contributed by atoms with van der Waals surface area (Å²) in [6.45, 7) is 5.51. The molecule has 4 heterocycles. The van der Waals surface area contributed by atoms with Gasteiger partial charge in [0.05, 0.1) is 18.7 Å². The number of nitrogens with one attached hydrogen (secondary N) is 2. The molecule has 2 amide bonds. The largest absolute Gasteiger partial charge is 0.496 e. The van der Waals surface area contributed by atoms with Crippen LogP contribution in [-0.4, -0.2) is 101 Å². The normalized spacial score (nSPS) is 19.7. The highest BCUT2D eigenvalue weighted by atomic mass is 19.1. The maximum Gasteiger partial charge on any atom is 0.251 e. The van der Waals surface area contributed by atoms with Gasteiger partial charge in [-0.3, -0.25) is 24.6 Å². The van der Waals surface area contributed by atoms with Gasteiger partial charge in [-0.2, -0.15) is 5.10 Å². The van der Waals surface area contributed by atoms with Crippen molar-refractivity contribution in [1.29, 1.82) is 0 Å². The van der Waals surface area contributed by atoms with Crippen LogP contribution >= 0.6 is 0 Å². The molecule has 2 atom stereocenters. The Balaban J connectivity index is 1.22. The summed E-state index contributed by atoms with van der Waals surface area (Å²) >= 11 is 0. The highest BCUT2D eigenvalue weighted by Gasteiger charge is 2.37. The number of benzene rings is 2. The minimum atomic E-state index is -0.412. The van der Waals surface area contributed by atoms with Gasteiger partial charge >= 0.3 is 0 Å². The van der Waals surface area contributed by atoms with E-state index in [-0.39, 0.29) is 30.2 Å². The second-order valence-corrected chi connectivity index (χ2v) is 11.8. The number of nitrogens with zero attached hydrogens (tertiary/aromatic N) is 5. The van der Waals surface area contributed by atoms with E-state index >= 15 is 4.39 Å². The van der Waals surface area contributed by atoms with E-state index in [0.717, 1.165) is 40.9 Å². The molecule has 0 saturated carbocycles. The summed E-state index contributed by atoms with van der Waals surface area (Å²) in [5.41, 5.74) is 4.31. The first-order chi connectivity index (χ1) is 21.3. The molecule has 2 aliphatic heterocycles. The number of carbonyl (C=O) groups excluding carboxylic acids is 2. The number of likely N-dealkylation sites (N-methyl/N-ethyl adjacent to an activating group) is 1. The Morgan fingerprint density at radius 2 is 1.91 bits per heavy atom. The van der Waals surface area contributed by atoms with E-state index < -0.39 is 6.04 Å². The van der Waals surface area contributed by atoms with Crippen molar-refractivity contribution in [3.8, 4) is 17.0 Å². The number of carbonyl (C=O) groups is 2. The highest BCUT2D eigenvalue weighted by Crippen LogP contribution is 2.30. The van der Waals surface area contributed by atoms with Gasteiger partial charge in [0.15, 0.2) is 0 Å². The number of aromatic nitrogens is 3. The van der Waals surface area contributed by atoms with E-state index in [4.69, 9.17) is 4.74 Å². The van der Waals surface area contributed by atoms with E-state index in [0.29, 0.717) is 49.4 Å². The third kappa shape index (κ3) is 6.15. The first-order valence-corrected chi connectivity index (χ1v) is 15.1. The average Bonchev–Trinajstić information content (AvgIpc) is 3.46. The monoisotopic (exact) mass is 599 g/mol. The number of hydrogen-bond acceptors (Lipinski definition) is 7. The number of piperazine rings is 1. The summed E-state index contributed by atoms with van der Waals surface area (Å²) in [5.74, 6) is -0.0878. The van der Waals surface area contributed by atoms with Gasteiger partial charge in [0.2, 0.25) is 5.91 Å². The van der Waals surface area contributed by atoms with Crippen LogP contribution in [0.1, 0.15) is 34.5 Å². The molecule has 2 aliphatic rings. The SMILES string of the molecule is COc1cccc(F)c1CN1C[C@H](NC(=O)c2ccc3[nH]nc(-c4ccnc(C)c4)c3c2)CC[C@H]1C(=O)N1CCN(C)CC1. The molecule has 230 valence electrons. The number of methoxy groups -OCH3 is 1. The second kappa shape index (κ2) is 12.7. The van der Waals surface area contributed by atoms with E-state index in [1.807, 2.05) is 41.0 Å². The molecule has 0 unspecified atom stereocenters. The van der Waals surface area contributed by atoms with Gasteiger partial charge in [-0.25, -0.2) is 4.39 Å². The van der Waals surface area contributed by atoms with Crippen LogP contribution in [0, 0.1) is 12.7 Å². The molecule has 0 aliphatic carbocycles. The van der Waals surface area contributed by atoms with Gasteiger partial charge in [-0.05, 0) is 69.3 Å². The molecule has 11 heteroatoms. The van der Waals surface area contributed by atoms with Gasteiger partial charge < -0.3 is 19.9 Å². The van der Waals surface area contributed by atoms with Crippen LogP contribution in [0.5, 0.6) is 5.75 Å². The van der Waals surface area contributed by atoms with Crippen LogP contribution < -0.4 is 10.1 Å². The smallest absolute Gasteiger partial charge is 0.251 e. The molecule has 10 nitrogen and oxygen atoms in total. The van der Waals surface area contributed by atoms with Crippen molar-refractivity contribution < 1.29 is 18.7 Å². The number of fused-ring (bicyclic) bond motifs is 1. The Hall–Kier alpha value is -4.35. The maximum atomic E-state index is 15.0. The first-order valence-electron chi connectivity index (χ1n) is 15.1. The average molecular weight is 600 g/mol. The molecule has 0 bridgehead atoms. The summed E-state index contributed by atoms with van der Waals surface area (Å²) in [7, 11) is 3.57. The Morgan fingerprint density at radius 1 is 1.09 bits per heavy atom. The van der Waals surface area contributed by atoms with Gasteiger partial charge in [-0.15, -0.1) is 0 Å². The highest BCUT2D eigenvalue weighted by molar-refractivity contribution is 6.01. The lowest BCUT2D eigenvalue weighted by Crippen LogP contribution is -2.59. The lowest BCUT2D eigenvalue weighted by Gasteiger charge is -2.42. The molecule has 4 aromatic rings. The summed E-state index contributed by atoms with van der Waals surface area (Å²) in [4.78, 5) is 37.7. The van der Waals surface area contributed by atoms with E-state index in [9.17, 15) is 9.59 Å². The number of ether oxygens (including phenoxy) is 1. The molecule has 2 aromatic carbocycles. The number of halogens is 1. The molecule has 44 heavy (non-hydrogen) atoms. The predicted molar refractivity (Wildman–Crippen MR) is 166 cm³/mol. The van der Waals surface area contributed by atoms with Gasteiger partial charge in [-0.1, -0.05) is 6.07 Å². The number of hydrogen-bond donors (Lipinski definition) is 2. The molecular weight excluding hydrogens is 561 g/mol. The molecule has 2 fully saturated rings. The molecular formula is C33H38FN7O3. The van der Waals surface area contributed by atoms with Crippen molar-refractivity contribution >= 4 is 22.7 Å². The topological polar surface area (TPSA) is 107 Å². The van der Waals surface area contributed by atoms with Gasteiger partial charge in [0, 0.05) is 79.3 Å². The van der Waals surface area contributed by atoms with Gasteiger partial charge in [0.25, 0.3) is 5.91 Å². The zero-order chi connectivity index (χ0) is 30.8.